The molecule has 2 N–H and O–H groups in total. The van der Waals surface area contributed by atoms with Crippen molar-refractivity contribution in [3.63, 3.8) is 0 Å². The van der Waals surface area contributed by atoms with E-state index in [0.717, 1.165) is 5.56 Å². The molecule has 0 bridgehead atoms. The van der Waals surface area contributed by atoms with Gasteiger partial charge in [0.15, 0.2) is 5.78 Å². The van der Waals surface area contributed by atoms with E-state index in [9.17, 15) is 23.9 Å². The number of pyridine rings is 1. The lowest BCUT2D eigenvalue weighted by atomic mass is 9.90. The number of ketones is 2. The number of carbonyl (C=O) groups excluding carboxylic acids is 3. The fourth-order valence-corrected chi connectivity index (χ4v) is 4.25. The number of aliphatic hydroxyl groups is 1. The highest BCUT2D eigenvalue weighted by Gasteiger charge is 2.38. The molecule has 3 unspecified atom stereocenters. The second-order valence-corrected chi connectivity index (χ2v) is 9.79. The quantitative estimate of drug-likeness (QED) is 0.517. The number of fused-ring (bicyclic) bond motifs is 1. The predicted octanol–water partition coefficient (Wildman–Crippen LogP) is 4.05. The fourth-order valence-electron chi connectivity index (χ4n) is 4.25. The number of halogens is 1. The van der Waals surface area contributed by atoms with Crippen molar-refractivity contribution in [2.75, 3.05) is 11.9 Å². The Hall–Kier alpha value is -3.85. The van der Waals surface area contributed by atoms with Crippen LogP contribution in [0.15, 0.2) is 53.9 Å². The molecule has 194 valence electrons. The molecule has 2 aromatic rings. The van der Waals surface area contributed by atoms with Gasteiger partial charge < -0.3 is 19.9 Å². The van der Waals surface area contributed by atoms with Crippen LogP contribution in [0.5, 0.6) is 11.5 Å². The Labute approximate surface area is 214 Å². The van der Waals surface area contributed by atoms with E-state index in [4.69, 9.17) is 9.47 Å². The van der Waals surface area contributed by atoms with Crippen LogP contribution in [0.25, 0.3) is 0 Å². The van der Waals surface area contributed by atoms with Crippen molar-refractivity contribution in [2.45, 2.75) is 52.3 Å². The molecule has 9 heteroatoms. The summed E-state index contributed by atoms with van der Waals surface area (Å²) in [7, 11) is 0. The van der Waals surface area contributed by atoms with Crippen LogP contribution >= 0.6 is 0 Å². The summed E-state index contributed by atoms with van der Waals surface area (Å²) < 4.78 is 26.8. The minimum Gasteiger partial charge on any atom is -0.484 e. The van der Waals surface area contributed by atoms with E-state index in [2.05, 4.69) is 10.3 Å². The second kappa shape index (κ2) is 10.3. The number of aliphatic hydroxyl groups excluding tert-OH is 1. The second-order valence-electron chi connectivity index (χ2n) is 9.79. The molecule has 1 aromatic carbocycles. The van der Waals surface area contributed by atoms with Gasteiger partial charge in [0.2, 0.25) is 0 Å². The zero-order chi connectivity index (χ0) is 26.9. The SMILES string of the molecule is CC(=O)CC(=O)C1=C(Oc2cc(C(=O)Nc3ccc(C)cn3)cc3c2CC(C)(CO)O3)C(C)C(F)C=C1. The summed E-state index contributed by atoms with van der Waals surface area (Å²) in [5, 5.41) is 12.6. The van der Waals surface area contributed by atoms with E-state index in [0.29, 0.717) is 17.1 Å². The number of nitrogens with zero attached hydrogens (tertiary/aromatic N) is 1. The lowest BCUT2D eigenvalue weighted by Gasteiger charge is -2.25. The van der Waals surface area contributed by atoms with Crippen molar-refractivity contribution < 1.29 is 33.4 Å². The molecule has 0 fully saturated rings. The topological polar surface area (TPSA) is 115 Å². The van der Waals surface area contributed by atoms with Crippen LogP contribution < -0.4 is 14.8 Å². The number of amides is 1. The van der Waals surface area contributed by atoms with Gasteiger partial charge in [-0.05, 0) is 56.7 Å². The number of benzene rings is 1. The average Bonchev–Trinajstić information content (AvgIpc) is 3.20. The molecular formula is C28H29FN2O6. The Bertz CT molecular complexity index is 1320. The molecule has 2 heterocycles. The third kappa shape index (κ3) is 5.61. The maximum absolute atomic E-state index is 14.7. The molecule has 0 spiro atoms. The third-order valence-corrected chi connectivity index (χ3v) is 6.36. The van der Waals surface area contributed by atoms with Gasteiger partial charge in [-0.25, -0.2) is 9.37 Å². The first-order valence-corrected chi connectivity index (χ1v) is 12.0. The van der Waals surface area contributed by atoms with Crippen molar-refractivity contribution >= 4 is 23.3 Å². The largest absolute Gasteiger partial charge is 0.484 e. The van der Waals surface area contributed by atoms with Gasteiger partial charge in [-0.2, -0.15) is 0 Å². The van der Waals surface area contributed by atoms with Gasteiger partial charge in [0.1, 0.15) is 40.6 Å². The average molecular weight is 509 g/mol. The number of ether oxygens (including phenoxy) is 2. The van der Waals surface area contributed by atoms with Crippen molar-refractivity contribution in [3.05, 3.63) is 70.6 Å². The minimum atomic E-state index is -1.41. The fraction of sp³-hybridized carbons (Fsp3) is 0.357. The molecule has 1 aliphatic heterocycles. The molecule has 2 aliphatic rings. The minimum absolute atomic E-state index is 0.0683. The van der Waals surface area contributed by atoms with Crippen LogP contribution in [0.4, 0.5) is 10.2 Å². The Morgan fingerprint density at radius 3 is 2.70 bits per heavy atom. The van der Waals surface area contributed by atoms with E-state index in [-0.39, 0.29) is 47.9 Å². The lowest BCUT2D eigenvalue weighted by molar-refractivity contribution is -0.123. The molecule has 1 amide bonds. The highest BCUT2D eigenvalue weighted by molar-refractivity contribution is 6.09. The summed E-state index contributed by atoms with van der Waals surface area (Å²) in [4.78, 5) is 41.7. The Morgan fingerprint density at radius 1 is 1.30 bits per heavy atom. The van der Waals surface area contributed by atoms with E-state index in [1.165, 1.54) is 25.1 Å². The number of carbonyl (C=O) groups is 3. The summed E-state index contributed by atoms with van der Waals surface area (Å²) in [6.45, 7) is 6.20. The molecule has 1 aromatic heterocycles. The van der Waals surface area contributed by atoms with Crippen LogP contribution in [-0.2, 0) is 16.0 Å². The summed E-state index contributed by atoms with van der Waals surface area (Å²) in [5.41, 5.74) is 0.855. The molecule has 0 saturated heterocycles. The van der Waals surface area contributed by atoms with Crippen LogP contribution in [0.1, 0.15) is 48.7 Å². The highest BCUT2D eigenvalue weighted by atomic mass is 19.1. The van der Waals surface area contributed by atoms with Crippen molar-refractivity contribution in [2.24, 2.45) is 5.92 Å². The summed E-state index contributed by atoms with van der Waals surface area (Å²) in [6.07, 6.45) is 2.74. The Balaban J connectivity index is 1.76. The van der Waals surface area contributed by atoms with Crippen LogP contribution in [-0.4, -0.2) is 45.9 Å². The summed E-state index contributed by atoms with van der Waals surface area (Å²) in [6, 6.07) is 6.53. The smallest absolute Gasteiger partial charge is 0.257 e. The van der Waals surface area contributed by atoms with Gasteiger partial charge in [-0.15, -0.1) is 0 Å². The number of allylic oxidation sites excluding steroid dienone is 4. The van der Waals surface area contributed by atoms with Gasteiger partial charge in [-0.3, -0.25) is 14.4 Å². The first-order valence-electron chi connectivity index (χ1n) is 12.0. The van der Waals surface area contributed by atoms with Gasteiger partial charge >= 0.3 is 0 Å². The number of rotatable bonds is 8. The monoisotopic (exact) mass is 508 g/mol. The number of aryl methyl sites for hydroxylation is 1. The number of anilines is 1. The maximum Gasteiger partial charge on any atom is 0.257 e. The zero-order valence-electron chi connectivity index (χ0n) is 21.1. The van der Waals surface area contributed by atoms with E-state index >= 15 is 0 Å². The first kappa shape index (κ1) is 26.2. The molecule has 4 rings (SSSR count). The van der Waals surface area contributed by atoms with Crippen LogP contribution in [0, 0.1) is 12.8 Å². The number of nitrogens with one attached hydrogen (secondary N) is 1. The number of hydrogen-bond acceptors (Lipinski definition) is 7. The number of alkyl halides is 1. The van der Waals surface area contributed by atoms with E-state index < -0.39 is 29.4 Å². The van der Waals surface area contributed by atoms with Crippen molar-refractivity contribution in [1.29, 1.82) is 0 Å². The van der Waals surface area contributed by atoms with Crippen molar-refractivity contribution in [1.82, 2.24) is 4.98 Å². The molecule has 1 aliphatic carbocycles. The zero-order valence-corrected chi connectivity index (χ0v) is 21.1. The number of hydrogen-bond donors (Lipinski definition) is 2. The van der Waals surface area contributed by atoms with E-state index in [1.807, 2.05) is 13.0 Å². The summed E-state index contributed by atoms with van der Waals surface area (Å²) >= 11 is 0. The Kier molecular flexibility index (Phi) is 7.27. The van der Waals surface area contributed by atoms with Crippen molar-refractivity contribution in [3.8, 4) is 11.5 Å². The Morgan fingerprint density at radius 2 is 2.05 bits per heavy atom. The van der Waals surface area contributed by atoms with Gasteiger partial charge in [0.05, 0.1) is 18.6 Å². The standard InChI is InChI=1S/C28H29FN2O6/c1-15-5-8-25(30-13-15)31-27(35)18-10-23(20-12-28(4,14-32)37-24(20)11-18)36-26-17(3)21(29)7-6-19(26)22(34)9-16(2)33/h5-8,10-11,13,17,21,32H,9,12,14H2,1-4H3,(H,30,31,35). The van der Waals surface area contributed by atoms with Crippen LogP contribution in [0.3, 0.4) is 0 Å². The number of Topliss-reactive ketones (excluding diaryl/α,β-unsaturated/α-hetero) is 2. The first-order chi connectivity index (χ1) is 17.5. The van der Waals surface area contributed by atoms with Crippen LogP contribution in [0.2, 0.25) is 0 Å². The maximum atomic E-state index is 14.7. The summed E-state index contributed by atoms with van der Waals surface area (Å²) in [5.74, 6) is -1.14. The number of aromatic nitrogens is 1. The molecule has 0 saturated carbocycles. The van der Waals surface area contributed by atoms with Gasteiger partial charge in [0, 0.05) is 29.7 Å². The van der Waals surface area contributed by atoms with E-state index in [1.54, 1.807) is 32.2 Å². The molecular weight excluding hydrogens is 479 g/mol. The molecule has 8 nitrogen and oxygen atoms in total. The molecule has 37 heavy (non-hydrogen) atoms. The normalized spacial score (nSPS) is 22.3. The van der Waals surface area contributed by atoms with Gasteiger partial charge in [-0.1, -0.05) is 13.0 Å². The predicted molar refractivity (Wildman–Crippen MR) is 134 cm³/mol. The van der Waals surface area contributed by atoms with Gasteiger partial charge in [0.25, 0.3) is 5.91 Å². The lowest BCUT2D eigenvalue weighted by Crippen LogP contribution is -2.34. The molecule has 3 atom stereocenters. The third-order valence-electron chi connectivity index (χ3n) is 6.36. The highest BCUT2D eigenvalue weighted by Crippen LogP contribution is 2.43. The molecule has 0 radical (unpaired) electrons.